The van der Waals surface area contributed by atoms with Crippen LogP contribution in [0.25, 0.3) is 5.65 Å². The number of hydrogen-bond acceptors (Lipinski definition) is 7. The molecule has 9 nitrogen and oxygen atoms in total. The fraction of sp³-hybridized carbons (Fsp3) is 0.429. The van der Waals surface area contributed by atoms with Crippen LogP contribution in [0, 0.1) is 5.41 Å². The van der Waals surface area contributed by atoms with E-state index in [4.69, 9.17) is 4.74 Å². The summed E-state index contributed by atoms with van der Waals surface area (Å²) in [7, 11) is 3.37. The maximum Gasteiger partial charge on any atom is 0.256 e. The predicted molar refractivity (Wildman–Crippen MR) is 113 cm³/mol. The van der Waals surface area contributed by atoms with E-state index in [0.29, 0.717) is 39.8 Å². The quantitative estimate of drug-likeness (QED) is 0.577. The lowest BCUT2D eigenvalue weighted by Gasteiger charge is -2.54. The molecule has 1 amide bonds. The number of aromatic nitrogens is 4. The Morgan fingerprint density at radius 3 is 2.87 bits per heavy atom. The smallest absolute Gasteiger partial charge is 0.256 e. The SMILES string of the molecule is CNc1cc(Nc2cccnc2OC)nc2c(C(=O)NC3CC4(CCC4)C3)cnn12. The van der Waals surface area contributed by atoms with Crippen molar-refractivity contribution in [2.75, 3.05) is 24.8 Å². The van der Waals surface area contributed by atoms with Crippen LogP contribution in [0.1, 0.15) is 42.5 Å². The van der Waals surface area contributed by atoms with Crippen molar-refractivity contribution in [2.45, 2.75) is 38.1 Å². The molecule has 3 aromatic heterocycles. The number of fused-ring (bicyclic) bond motifs is 1. The van der Waals surface area contributed by atoms with Crippen LogP contribution in [0.5, 0.6) is 5.88 Å². The van der Waals surface area contributed by atoms with Crippen LogP contribution in [0.3, 0.4) is 0 Å². The predicted octanol–water partition coefficient (Wildman–Crippen LogP) is 2.98. The highest BCUT2D eigenvalue weighted by atomic mass is 16.5. The number of methoxy groups -OCH3 is 1. The van der Waals surface area contributed by atoms with E-state index in [1.54, 1.807) is 31.1 Å². The highest BCUT2D eigenvalue weighted by molar-refractivity contribution is 6.00. The van der Waals surface area contributed by atoms with Gasteiger partial charge in [-0.3, -0.25) is 4.79 Å². The summed E-state index contributed by atoms with van der Waals surface area (Å²) in [5.74, 6) is 1.60. The number of nitrogens with zero attached hydrogens (tertiary/aromatic N) is 4. The molecule has 0 aliphatic heterocycles. The largest absolute Gasteiger partial charge is 0.480 e. The molecule has 2 saturated carbocycles. The van der Waals surface area contributed by atoms with Gasteiger partial charge in [-0.2, -0.15) is 9.61 Å². The van der Waals surface area contributed by atoms with Crippen LogP contribution >= 0.6 is 0 Å². The molecule has 0 aromatic carbocycles. The van der Waals surface area contributed by atoms with Gasteiger partial charge in [-0.05, 0) is 43.2 Å². The molecule has 0 saturated heterocycles. The Morgan fingerprint density at radius 1 is 1.33 bits per heavy atom. The third-order valence-electron chi connectivity index (χ3n) is 6.31. The number of pyridine rings is 1. The lowest BCUT2D eigenvalue weighted by atomic mass is 9.54. The first-order valence-electron chi connectivity index (χ1n) is 10.2. The molecule has 2 aliphatic carbocycles. The van der Waals surface area contributed by atoms with Crippen LogP contribution in [-0.2, 0) is 0 Å². The zero-order valence-electron chi connectivity index (χ0n) is 17.1. The van der Waals surface area contributed by atoms with E-state index in [0.717, 1.165) is 12.8 Å². The molecule has 2 fully saturated rings. The lowest BCUT2D eigenvalue weighted by molar-refractivity contribution is -0.000600. The summed E-state index contributed by atoms with van der Waals surface area (Å²) in [5.41, 5.74) is 2.14. The van der Waals surface area contributed by atoms with Crippen molar-refractivity contribution in [1.82, 2.24) is 24.9 Å². The van der Waals surface area contributed by atoms with Crippen LogP contribution < -0.4 is 20.7 Å². The molecule has 0 radical (unpaired) electrons. The van der Waals surface area contributed by atoms with Crippen molar-refractivity contribution in [2.24, 2.45) is 5.41 Å². The minimum absolute atomic E-state index is 0.130. The second kappa shape index (κ2) is 7.16. The third-order valence-corrected chi connectivity index (χ3v) is 6.31. The standard InChI is InChI=1S/C21H25N7O2/c1-22-17-9-16(26-15-5-3-8-23-20(15)30-2)27-18-14(12-24-28(17)18)19(29)25-13-10-21(11-13)6-4-7-21/h3,5,8-9,12-13,22H,4,6-7,10-11H2,1-2H3,(H,25,29)(H,26,27). The fourth-order valence-electron chi connectivity index (χ4n) is 4.59. The molecule has 5 rings (SSSR count). The van der Waals surface area contributed by atoms with Gasteiger partial charge in [0.2, 0.25) is 5.88 Å². The number of carbonyl (C=O) groups excluding carboxylic acids is 1. The van der Waals surface area contributed by atoms with E-state index in [1.807, 2.05) is 18.2 Å². The van der Waals surface area contributed by atoms with E-state index < -0.39 is 0 Å². The van der Waals surface area contributed by atoms with Crippen molar-refractivity contribution >= 4 is 28.9 Å². The van der Waals surface area contributed by atoms with Crippen molar-refractivity contribution in [1.29, 1.82) is 0 Å². The van der Waals surface area contributed by atoms with E-state index in [2.05, 4.69) is 31.0 Å². The average molecular weight is 407 g/mol. The van der Waals surface area contributed by atoms with Gasteiger partial charge in [0, 0.05) is 25.4 Å². The molecule has 3 aromatic rings. The van der Waals surface area contributed by atoms with Crippen molar-refractivity contribution in [3.05, 3.63) is 36.2 Å². The summed E-state index contributed by atoms with van der Waals surface area (Å²) in [6.45, 7) is 0. The molecule has 2 aliphatic rings. The molecule has 30 heavy (non-hydrogen) atoms. The second-order valence-electron chi connectivity index (χ2n) is 8.19. The van der Waals surface area contributed by atoms with Crippen LogP contribution in [0.2, 0.25) is 0 Å². The molecule has 9 heteroatoms. The highest BCUT2D eigenvalue weighted by Gasteiger charge is 2.48. The Bertz CT molecular complexity index is 1100. The molecule has 0 unspecified atom stereocenters. The Labute approximate surface area is 174 Å². The first-order chi connectivity index (χ1) is 14.6. The Balaban J connectivity index is 1.42. The summed E-state index contributed by atoms with van der Waals surface area (Å²) >= 11 is 0. The van der Waals surface area contributed by atoms with Gasteiger partial charge in [0.25, 0.3) is 5.91 Å². The van der Waals surface area contributed by atoms with E-state index in [1.165, 1.54) is 19.3 Å². The monoisotopic (exact) mass is 407 g/mol. The molecule has 1 spiro atoms. The Kier molecular flexibility index (Phi) is 4.45. The van der Waals surface area contributed by atoms with Gasteiger partial charge in [0.1, 0.15) is 22.9 Å². The minimum Gasteiger partial charge on any atom is -0.480 e. The zero-order valence-corrected chi connectivity index (χ0v) is 17.1. The highest BCUT2D eigenvalue weighted by Crippen LogP contribution is 2.55. The van der Waals surface area contributed by atoms with Gasteiger partial charge in [0.15, 0.2) is 5.65 Å². The third kappa shape index (κ3) is 3.10. The molecular weight excluding hydrogens is 382 g/mol. The second-order valence-corrected chi connectivity index (χ2v) is 8.19. The molecular formula is C21H25N7O2. The van der Waals surface area contributed by atoms with Crippen LogP contribution in [0.15, 0.2) is 30.6 Å². The van der Waals surface area contributed by atoms with Gasteiger partial charge in [-0.25, -0.2) is 9.97 Å². The first kappa shape index (κ1) is 18.7. The first-order valence-corrected chi connectivity index (χ1v) is 10.2. The van der Waals surface area contributed by atoms with Crippen LogP contribution in [0.4, 0.5) is 17.3 Å². The summed E-state index contributed by atoms with van der Waals surface area (Å²) < 4.78 is 6.94. The van der Waals surface area contributed by atoms with Crippen molar-refractivity contribution in [3.8, 4) is 5.88 Å². The fourth-order valence-corrected chi connectivity index (χ4v) is 4.59. The van der Waals surface area contributed by atoms with Gasteiger partial charge >= 0.3 is 0 Å². The number of anilines is 3. The molecule has 0 atom stereocenters. The zero-order chi connectivity index (χ0) is 20.7. The van der Waals surface area contributed by atoms with E-state index in [-0.39, 0.29) is 11.9 Å². The molecule has 0 bridgehead atoms. The number of rotatable bonds is 6. The summed E-state index contributed by atoms with van der Waals surface area (Å²) in [6, 6.07) is 5.74. The minimum atomic E-state index is -0.130. The maximum atomic E-state index is 12.9. The van der Waals surface area contributed by atoms with Crippen LogP contribution in [-0.4, -0.2) is 45.7 Å². The molecule has 3 N–H and O–H groups in total. The number of amides is 1. The number of ether oxygens (including phenoxy) is 1. The lowest BCUT2D eigenvalue weighted by Crippen LogP contribution is -2.53. The topological polar surface area (TPSA) is 105 Å². The molecule has 3 heterocycles. The Hall–Kier alpha value is -3.36. The number of hydrogen-bond donors (Lipinski definition) is 3. The Morgan fingerprint density at radius 2 is 2.17 bits per heavy atom. The van der Waals surface area contributed by atoms with Gasteiger partial charge in [-0.15, -0.1) is 0 Å². The normalized spacial score (nSPS) is 17.3. The molecule has 156 valence electrons. The number of carbonyl (C=O) groups is 1. The van der Waals surface area contributed by atoms with Gasteiger partial charge in [0.05, 0.1) is 13.3 Å². The average Bonchev–Trinajstić information content (AvgIpc) is 3.12. The summed E-state index contributed by atoms with van der Waals surface area (Å²) in [5, 5.41) is 13.9. The maximum absolute atomic E-state index is 12.9. The van der Waals surface area contributed by atoms with Crippen molar-refractivity contribution < 1.29 is 9.53 Å². The number of nitrogens with one attached hydrogen (secondary N) is 3. The van der Waals surface area contributed by atoms with Crippen molar-refractivity contribution in [3.63, 3.8) is 0 Å². The summed E-state index contributed by atoms with van der Waals surface area (Å²) in [6.07, 6.45) is 9.33. The summed E-state index contributed by atoms with van der Waals surface area (Å²) in [4.78, 5) is 21.8. The van der Waals surface area contributed by atoms with Gasteiger partial charge < -0.3 is 20.7 Å². The van der Waals surface area contributed by atoms with E-state index in [9.17, 15) is 4.79 Å². The van der Waals surface area contributed by atoms with Gasteiger partial charge in [-0.1, -0.05) is 6.42 Å². The van der Waals surface area contributed by atoms with E-state index >= 15 is 0 Å².